The normalized spacial score (nSPS) is 11.4. The van der Waals surface area contributed by atoms with E-state index in [2.05, 4.69) is 4.74 Å². The van der Waals surface area contributed by atoms with Crippen LogP contribution in [0.1, 0.15) is 5.56 Å². The van der Waals surface area contributed by atoms with E-state index in [1.165, 1.54) is 26.4 Å². The van der Waals surface area contributed by atoms with Gasteiger partial charge in [-0.3, -0.25) is 0 Å². The summed E-state index contributed by atoms with van der Waals surface area (Å²) in [6, 6.07) is 10.7. The largest absolute Gasteiger partial charge is 0.573 e. The number of aromatic nitrogens is 1. The Kier molecular flexibility index (Phi) is 6.19. The maximum atomic E-state index is 12.3. The third-order valence-electron chi connectivity index (χ3n) is 4.12. The van der Waals surface area contributed by atoms with E-state index >= 15 is 0 Å². The number of nitrogens with zero attached hydrogens (tertiary/aromatic N) is 1. The van der Waals surface area contributed by atoms with Gasteiger partial charge < -0.3 is 18.8 Å². The summed E-state index contributed by atoms with van der Waals surface area (Å²) in [6.45, 7) is 0.340. The van der Waals surface area contributed by atoms with E-state index in [4.69, 9.17) is 32.7 Å². The van der Waals surface area contributed by atoms with Crippen molar-refractivity contribution in [2.45, 2.75) is 12.9 Å². The summed E-state index contributed by atoms with van der Waals surface area (Å²) in [5.41, 5.74) is 2.04. The van der Waals surface area contributed by atoms with Gasteiger partial charge in [-0.05, 0) is 35.9 Å². The van der Waals surface area contributed by atoms with Gasteiger partial charge >= 0.3 is 6.36 Å². The van der Waals surface area contributed by atoms with Crippen LogP contribution >= 0.6 is 23.2 Å². The van der Waals surface area contributed by atoms with Gasteiger partial charge in [-0.1, -0.05) is 35.3 Å². The Bertz CT molecular complexity index is 1000. The summed E-state index contributed by atoms with van der Waals surface area (Å²) >= 11 is 12.5. The molecule has 0 unspecified atom stereocenters. The highest BCUT2D eigenvalue weighted by Gasteiger charge is 2.31. The van der Waals surface area contributed by atoms with Crippen molar-refractivity contribution in [2.24, 2.45) is 0 Å². The molecule has 0 N–H and O–H groups in total. The zero-order valence-electron chi connectivity index (χ0n) is 15.4. The predicted molar refractivity (Wildman–Crippen MR) is 105 cm³/mol. The highest BCUT2D eigenvalue weighted by molar-refractivity contribution is 6.33. The van der Waals surface area contributed by atoms with Gasteiger partial charge in [0.1, 0.15) is 11.5 Å². The second-order valence-corrected chi connectivity index (χ2v) is 6.86. The third kappa shape index (κ3) is 4.92. The van der Waals surface area contributed by atoms with Crippen molar-refractivity contribution in [1.82, 2.24) is 4.57 Å². The number of alkyl halides is 3. The van der Waals surface area contributed by atoms with E-state index in [0.717, 1.165) is 5.56 Å². The first-order chi connectivity index (χ1) is 13.7. The average Bonchev–Trinajstić information content (AvgIpc) is 3.01. The van der Waals surface area contributed by atoms with Crippen molar-refractivity contribution in [2.75, 3.05) is 14.2 Å². The topological polar surface area (TPSA) is 32.6 Å². The molecular formula is C20H16Cl2F3NO3. The smallest absolute Gasteiger partial charge is 0.496 e. The van der Waals surface area contributed by atoms with Crippen LogP contribution in [-0.2, 0) is 6.54 Å². The van der Waals surface area contributed by atoms with Crippen LogP contribution in [0.15, 0.2) is 48.7 Å². The van der Waals surface area contributed by atoms with Gasteiger partial charge in [0.2, 0.25) is 0 Å². The van der Waals surface area contributed by atoms with E-state index in [1.807, 2.05) is 4.57 Å². The second-order valence-electron chi connectivity index (χ2n) is 6.02. The average molecular weight is 446 g/mol. The summed E-state index contributed by atoms with van der Waals surface area (Å²) in [6.07, 6.45) is -3.03. The van der Waals surface area contributed by atoms with Crippen molar-refractivity contribution in [3.8, 4) is 28.5 Å². The molecule has 0 aliphatic heterocycles. The van der Waals surface area contributed by atoms with Gasteiger partial charge in [0.15, 0.2) is 5.75 Å². The molecule has 3 rings (SSSR count). The molecule has 0 radical (unpaired) electrons. The molecule has 9 heteroatoms. The fraction of sp³-hybridized carbons (Fsp3) is 0.200. The molecule has 1 aromatic heterocycles. The number of ether oxygens (including phenoxy) is 3. The zero-order chi connectivity index (χ0) is 21.2. The summed E-state index contributed by atoms with van der Waals surface area (Å²) in [7, 11) is 3.03. The lowest BCUT2D eigenvalue weighted by Gasteiger charge is -2.17. The molecule has 0 atom stereocenters. The van der Waals surface area contributed by atoms with Crippen molar-refractivity contribution in [3.63, 3.8) is 0 Å². The minimum Gasteiger partial charge on any atom is -0.496 e. The van der Waals surface area contributed by atoms with Gasteiger partial charge in [-0.15, -0.1) is 13.2 Å². The van der Waals surface area contributed by atoms with Crippen molar-refractivity contribution >= 4 is 23.2 Å². The van der Waals surface area contributed by atoms with Gasteiger partial charge in [-0.2, -0.15) is 0 Å². The number of rotatable bonds is 6. The molecule has 4 nitrogen and oxygen atoms in total. The lowest BCUT2D eigenvalue weighted by Crippen LogP contribution is -2.17. The van der Waals surface area contributed by atoms with Crippen LogP contribution < -0.4 is 14.2 Å². The second kappa shape index (κ2) is 8.47. The summed E-state index contributed by atoms with van der Waals surface area (Å²) in [5.74, 6) is 0.678. The van der Waals surface area contributed by atoms with Gasteiger partial charge in [0.25, 0.3) is 0 Å². The maximum absolute atomic E-state index is 12.3. The Morgan fingerprint density at radius 2 is 1.66 bits per heavy atom. The van der Waals surface area contributed by atoms with Crippen molar-refractivity contribution < 1.29 is 27.4 Å². The Morgan fingerprint density at radius 1 is 0.966 bits per heavy atom. The van der Waals surface area contributed by atoms with Crippen LogP contribution in [0.3, 0.4) is 0 Å². The Morgan fingerprint density at radius 3 is 2.24 bits per heavy atom. The van der Waals surface area contributed by atoms with E-state index < -0.39 is 6.36 Å². The molecular weight excluding hydrogens is 430 g/mol. The molecule has 0 aliphatic rings. The van der Waals surface area contributed by atoms with Gasteiger partial charge in [0.05, 0.1) is 35.5 Å². The van der Waals surface area contributed by atoms with Crippen LogP contribution in [0.5, 0.6) is 17.2 Å². The Labute approximate surface area is 175 Å². The highest BCUT2D eigenvalue weighted by atomic mass is 35.5. The van der Waals surface area contributed by atoms with E-state index in [0.29, 0.717) is 39.3 Å². The molecule has 3 aromatic rings. The minimum absolute atomic E-state index is 0.287. The first-order valence-electron chi connectivity index (χ1n) is 8.33. The standard InChI is InChI=1S/C20H16Cl2F3NO3/c1-27-17-8-7-15(22)19(28-2)18(17)16-9-13(21)11-26(16)10-12-3-5-14(6-4-12)29-20(23,24)25/h3-9,11H,10H2,1-2H3. The molecule has 0 bridgehead atoms. The lowest BCUT2D eigenvalue weighted by molar-refractivity contribution is -0.274. The van der Waals surface area contributed by atoms with Crippen LogP contribution in [-0.4, -0.2) is 25.1 Å². The molecule has 29 heavy (non-hydrogen) atoms. The van der Waals surface area contributed by atoms with Crippen molar-refractivity contribution in [1.29, 1.82) is 0 Å². The summed E-state index contributed by atoms with van der Waals surface area (Å²) in [4.78, 5) is 0. The van der Waals surface area contributed by atoms with E-state index in [9.17, 15) is 13.2 Å². The molecule has 0 saturated heterocycles. The van der Waals surface area contributed by atoms with E-state index in [-0.39, 0.29) is 5.75 Å². The quantitative estimate of drug-likeness (QED) is 0.438. The highest BCUT2D eigenvalue weighted by Crippen LogP contribution is 2.44. The monoisotopic (exact) mass is 445 g/mol. The fourth-order valence-electron chi connectivity index (χ4n) is 2.96. The molecule has 0 saturated carbocycles. The molecule has 1 heterocycles. The molecule has 0 amide bonds. The minimum atomic E-state index is -4.73. The first-order valence-corrected chi connectivity index (χ1v) is 9.08. The molecule has 0 aliphatic carbocycles. The van der Waals surface area contributed by atoms with Gasteiger partial charge in [-0.25, -0.2) is 0 Å². The Balaban J connectivity index is 1.98. The van der Waals surface area contributed by atoms with Crippen molar-refractivity contribution in [3.05, 3.63) is 64.3 Å². The molecule has 0 fully saturated rings. The molecule has 0 spiro atoms. The first kappa shape index (κ1) is 21.2. The number of halogens is 5. The molecule has 2 aromatic carbocycles. The van der Waals surface area contributed by atoms with Crippen LogP contribution in [0, 0.1) is 0 Å². The number of benzene rings is 2. The summed E-state index contributed by atoms with van der Waals surface area (Å²) < 4.78 is 53.6. The predicted octanol–water partition coefficient (Wildman–Crippen LogP) is 6.43. The summed E-state index contributed by atoms with van der Waals surface area (Å²) in [5, 5.41) is 0.877. The number of hydrogen-bond acceptors (Lipinski definition) is 3. The Hall–Kier alpha value is -2.51. The van der Waals surface area contributed by atoms with Crippen LogP contribution in [0.2, 0.25) is 10.0 Å². The third-order valence-corrected chi connectivity index (χ3v) is 4.63. The fourth-order valence-corrected chi connectivity index (χ4v) is 3.42. The SMILES string of the molecule is COc1ccc(Cl)c(OC)c1-c1cc(Cl)cn1Cc1ccc(OC(F)(F)F)cc1. The van der Waals surface area contributed by atoms with E-state index in [1.54, 1.807) is 36.5 Å². The van der Waals surface area contributed by atoms with Crippen LogP contribution in [0.4, 0.5) is 13.2 Å². The number of methoxy groups -OCH3 is 2. The molecule has 154 valence electrons. The zero-order valence-corrected chi connectivity index (χ0v) is 16.9. The maximum Gasteiger partial charge on any atom is 0.573 e. The number of hydrogen-bond donors (Lipinski definition) is 0. The van der Waals surface area contributed by atoms with Gasteiger partial charge in [0, 0.05) is 12.7 Å². The van der Waals surface area contributed by atoms with Crippen LogP contribution in [0.25, 0.3) is 11.3 Å². The lowest BCUT2D eigenvalue weighted by atomic mass is 10.1.